The summed E-state index contributed by atoms with van der Waals surface area (Å²) >= 11 is 0. The number of rotatable bonds is 4. The van der Waals surface area contributed by atoms with E-state index in [0.717, 1.165) is 25.3 Å². The van der Waals surface area contributed by atoms with Gasteiger partial charge in [0, 0.05) is 38.9 Å². The van der Waals surface area contributed by atoms with Gasteiger partial charge in [0.05, 0.1) is 24.6 Å². The highest BCUT2D eigenvalue weighted by atomic mass is 16.5. The number of para-hydroxylation sites is 1. The van der Waals surface area contributed by atoms with Gasteiger partial charge in [-0.2, -0.15) is 0 Å². The van der Waals surface area contributed by atoms with E-state index < -0.39 is 0 Å². The molecule has 1 saturated heterocycles. The Labute approximate surface area is 152 Å². The summed E-state index contributed by atoms with van der Waals surface area (Å²) in [6.07, 6.45) is 3.97. The standard InChI is InChI=1S/C20H22N4O2/c1-26-18-7-3-2-6-17(18)20(25)23-12-10-22(11-13-23)15-16-14-21-19-8-4-5-9-24(16)19/h2-9,14H,10-13,15H2,1H3. The maximum atomic E-state index is 12.8. The van der Waals surface area contributed by atoms with Crippen molar-refractivity contribution in [2.75, 3.05) is 33.3 Å². The Morgan fingerprint density at radius 2 is 1.85 bits per heavy atom. The highest BCUT2D eigenvalue weighted by Crippen LogP contribution is 2.20. The molecule has 0 aliphatic carbocycles. The second kappa shape index (κ2) is 7.17. The van der Waals surface area contributed by atoms with Crippen LogP contribution in [0.15, 0.2) is 54.9 Å². The van der Waals surface area contributed by atoms with E-state index in [4.69, 9.17) is 4.74 Å². The molecule has 134 valence electrons. The van der Waals surface area contributed by atoms with E-state index in [1.165, 1.54) is 5.69 Å². The number of imidazole rings is 1. The molecule has 0 saturated carbocycles. The zero-order chi connectivity index (χ0) is 17.9. The number of aromatic nitrogens is 2. The molecular formula is C20H22N4O2. The van der Waals surface area contributed by atoms with Crippen molar-refractivity contribution >= 4 is 11.6 Å². The third kappa shape index (κ3) is 3.15. The molecule has 0 radical (unpaired) electrons. The molecule has 0 N–H and O–H groups in total. The summed E-state index contributed by atoms with van der Waals surface area (Å²) < 4.78 is 7.44. The molecule has 1 aliphatic rings. The molecule has 1 aliphatic heterocycles. The van der Waals surface area contributed by atoms with Crippen molar-refractivity contribution in [3.63, 3.8) is 0 Å². The highest BCUT2D eigenvalue weighted by Gasteiger charge is 2.24. The van der Waals surface area contributed by atoms with Crippen LogP contribution in [-0.4, -0.2) is 58.4 Å². The average Bonchev–Trinajstić information content (AvgIpc) is 3.11. The van der Waals surface area contributed by atoms with Gasteiger partial charge in [0.25, 0.3) is 5.91 Å². The van der Waals surface area contributed by atoms with Crippen LogP contribution in [0.5, 0.6) is 5.75 Å². The molecule has 6 heteroatoms. The molecule has 0 bridgehead atoms. The fraction of sp³-hybridized carbons (Fsp3) is 0.300. The minimum atomic E-state index is 0.0388. The van der Waals surface area contributed by atoms with Gasteiger partial charge in [-0.15, -0.1) is 0 Å². The number of fused-ring (bicyclic) bond motifs is 1. The molecule has 26 heavy (non-hydrogen) atoms. The second-order valence-corrected chi connectivity index (χ2v) is 6.45. The maximum absolute atomic E-state index is 12.8. The third-order valence-corrected chi connectivity index (χ3v) is 4.88. The zero-order valence-electron chi connectivity index (χ0n) is 14.8. The summed E-state index contributed by atoms with van der Waals surface area (Å²) in [5, 5.41) is 0. The van der Waals surface area contributed by atoms with Gasteiger partial charge in [0.2, 0.25) is 0 Å². The third-order valence-electron chi connectivity index (χ3n) is 4.88. The summed E-state index contributed by atoms with van der Waals surface area (Å²) in [5.41, 5.74) is 2.77. The van der Waals surface area contributed by atoms with Crippen LogP contribution < -0.4 is 4.74 Å². The summed E-state index contributed by atoms with van der Waals surface area (Å²) in [4.78, 5) is 21.5. The van der Waals surface area contributed by atoms with Crippen molar-refractivity contribution in [2.24, 2.45) is 0 Å². The smallest absolute Gasteiger partial charge is 0.257 e. The van der Waals surface area contributed by atoms with Crippen molar-refractivity contribution in [2.45, 2.75) is 6.54 Å². The molecule has 4 rings (SSSR count). The first kappa shape index (κ1) is 16.6. The number of benzene rings is 1. The number of hydrogen-bond acceptors (Lipinski definition) is 4. The van der Waals surface area contributed by atoms with Crippen LogP contribution in [0.25, 0.3) is 5.65 Å². The minimum absolute atomic E-state index is 0.0388. The summed E-state index contributed by atoms with van der Waals surface area (Å²) in [6.45, 7) is 3.96. The first-order chi connectivity index (χ1) is 12.8. The normalized spacial score (nSPS) is 15.3. The Morgan fingerprint density at radius 3 is 2.65 bits per heavy atom. The monoisotopic (exact) mass is 350 g/mol. The largest absolute Gasteiger partial charge is 0.496 e. The molecule has 3 heterocycles. The van der Waals surface area contributed by atoms with Crippen molar-refractivity contribution in [3.05, 3.63) is 66.1 Å². The number of carbonyl (C=O) groups is 1. The van der Waals surface area contributed by atoms with Gasteiger partial charge in [-0.3, -0.25) is 9.69 Å². The predicted octanol–water partition coefficient (Wildman–Crippen LogP) is 2.30. The number of pyridine rings is 1. The highest BCUT2D eigenvalue weighted by molar-refractivity contribution is 5.97. The van der Waals surface area contributed by atoms with Crippen LogP contribution in [0, 0.1) is 0 Å². The molecule has 1 aromatic carbocycles. The molecular weight excluding hydrogens is 328 g/mol. The summed E-state index contributed by atoms with van der Waals surface area (Å²) in [5.74, 6) is 0.669. The SMILES string of the molecule is COc1ccccc1C(=O)N1CCN(Cc2cnc3ccccn23)CC1. The lowest BCUT2D eigenvalue weighted by Crippen LogP contribution is -2.48. The molecule has 1 fully saturated rings. The number of nitrogens with zero attached hydrogens (tertiary/aromatic N) is 4. The van der Waals surface area contributed by atoms with Crippen LogP contribution in [0.2, 0.25) is 0 Å². The van der Waals surface area contributed by atoms with Crippen LogP contribution in [0.3, 0.4) is 0 Å². The number of amides is 1. The van der Waals surface area contributed by atoms with Gasteiger partial charge in [0.1, 0.15) is 11.4 Å². The number of hydrogen-bond donors (Lipinski definition) is 0. The van der Waals surface area contributed by atoms with Crippen molar-refractivity contribution < 1.29 is 9.53 Å². The Balaban J connectivity index is 1.40. The average molecular weight is 350 g/mol. The van der Waals surface area contributed by atoms with Crippen molar-refractivity contribution in [1.29, 1.82) is 0 Å². The van der Waals surface area contributed by atoms with Gasteiger partial charge in [0.15, 0.2) is 0 Å². The van der Waals surface area contributed by atoms with Crippen LogP contribution in [0.4, 0.5) is 0 Å². The van der Waals surface area contributed by atoms with Gasteiger partial charge in [-0.25, -0.2) is 4.98 Å². The van der Waals surface area contributed by atoms with E-state index in [-0.39, 0.29) is 5.91 Å². The lowest BCUT2D eigenvalue weighted by Gasteiger charge is -2.34. The Kier molecular flexibility index (Phi) is 4.58. The molecule has 0 spiro atoms. The quantitative estimate of drug-likeness (QED) is 0.724. The molecule has 6 nitrogen and oxygen atoms in total. The van der Waals surface area contributed by atoms with E-state index >= 15 is 0 Å². The Hall–Kier alpha value is -2.86. The maximum Gasteiger partial charge on any atom is 0.257 e. The fourth-order valence-electron chi connectivity index (χ4n) is 3.43. The first-order valence-corrected chi connectivity index (χ1v) is 8.82. The number of piperazine rings is 1. The second-order valence-electron chi connectivity index (χ2n) is 6.45. The van der Waals surface area contributed by atoms with Gasteiger partial charge < -0.3 is 14.0 Å². The van der Waals surface area contributed by atoms with E-state index in [1.807, 2.05) is 59.8 Å². The fourth-order valence-corrected chi connectivity index (χ4v) is 3.43. The van der Waals surface area contributed by atoms with Gasteiger partial charge >= 0.3 is 0 Å². The molecule has 1 amide bonds. The lowest BCUT2D eigenvalue weighted by molar-refractivity contribution is 0.0623. The minimum Gasteiger partial charge on any atom is -0.496 e. The van der Waals surface area contributed by atoms with E-state index in [9.17, 15) is 4.79 Å². The molecule has 0 unspecified atom stereocenters. The molecule has 3 aromatic rings. The van der Waals surface area contributed by atoms with Crippen LogP contribution in [0.1, 0.15) is 16.1 Å². The summed E-state index contributed by atoms with van der Waals surface area (Å²) in [7, 11) is 1.60. The van der Waals surface area contributed by atoms with Crippen molar-refractivity contribution in [1.82, 2.24) is 19.2 Å². The van der Waals surface area contributed by atoms with Gasteiger partial charge in [-0.1, -0.05) is 18.2 Å². The Morgan fingerprint density at radius 1 is 1.08 bits per heavy atom. The lowest BCUT2D eigenvalue weighted by atomic mass is 10.1. The van der Waals surface area contributed by atoms with E-state index in [2.05, 4.69) is 14.3 Å². The Bertz CT molecular complexity index is 913. The molecule has 0 atom stereocenters. The zero-order valence-corrected chi connectivity index (χ0v) is 14.8. The number of carbonyl (C=O) groups excluding carboxylic acids is 1. The van der Waals surface area contributed by atoms with E-state index in [1.54, 1.807) is 7.11 Å². The van der Waals surface area contributed by atoms with Crippen LogP contribution >= 0.6 is 0 Å². The first-order valence-electron chi connectivity index (χ1n) is 8.82. The van der Waals surface area contributed by atoms with E-state index in [0.29, 0.717) is 24.4 Å². The molecule has 2 aromatic heterocycles. The number of ether oxygens (including phenoxy) is 1. The predicted molar refractivity (Wildman–Crippen MR) is 99.4 cm³/mol. The summed E-state index contributed by atoms with van der Waals surface area (Å²) in [6, 6.07) is 13.4. The number of methoxy groups -OCH3 is 1. The van der Waals surface area contributed by atoms with Gasteiger partial charge in [-0.05, 0) is 24.3 Å². The topological polar surface area (TPSA) is 50.1 Å². The van der Waals surface area contributed by atoms with Crippen molar-refractivity contribution in [3.8, 4) is 5.75 Å². The van der Waals surface area contributed by atoms with Crippen LogP contribution in [-0.2, 0) is 6.54 Å².